The molecule has 4 aromatic rings. The summed E-state index contributed by atoms with van der Waals surface area (Å²) >= 11 is 1.60. The van der Waals surface area contributed by atoms with Crippen LogP contribution >= 0.6 is 11.3 Å². The van der Waals surface area contributed by atoms with E-state index in [0.717, 1.165) is 40.0 Å². The number of benzene rings is 1. The van der Waals surface area contributed by atoms with Gasteiger partial charge in [0.2, 0.25) is 0 Å². The van der Waals surface area contributed by atoms with Gasteiger partial charge >= 0.3 is 0 Å². The Kier molecular flexibility index (Phi) is 4.83. The minimum atomic E-state index is -0.272. The standard InChI is InChI=1S/C23H21FN4OS/c1-2-28-22-19(13-25-28)18(12-20(26-22)21-4-3-11-30-21)23(29)27(17-9-10-17)14-15-5-7-16(24)8-6-15/h3-8,11-13,17H,2,9-10,14H2,1H3. The van der Waals surface area contributed by atoms with E-state index < -0.39 is 0 Å². The van der Waals surface area contributed by atoms with Crippen LogP contribution in [0.5, 0.6) is 0 Å². The lowest BCUT2D eigenvalue weighted by Gasteiger charge is -2.23. The van der Waals surface area contributed by atoms with E-state index in [2.05, 4.69) is 5.10 Å². The number of hydrogen-bond acceptors (Lipinski definition) is 4. The predicted molar refractivity (Wildman–Crippen MR) is 116 cm³/mol. The Labute approximate surface area is 177 Å². The molecular formula is C23H21FN4OS. The van der Waals surface area contributed by atoms with Crippen molar-refractivity contribution in [1.29, 1.82) is 0 Å². The van der Waals surface area contributed by atoms with E-state index in [1.54, 1.807) is 29.7 Å². The molecule has 0 atom stereocenters. The van der Waals surface area contributed by atoms with E-state index >= 15 is 0 Å². The van der Waals surface area contributed by atoms with Crippen LogP contribution in [0.4, 0.5) is 4.39 Å². The molecule has 3 aromatic heterocycles. The van der Waals surface area contributed by atoms with Gasteiger partial charge in [-0.1, -0.05) is 18.2 Å². The van der Waals surface area contributed by atoms with Crippen LogP contribution in [-0.4, -0.2) is 31.6 Å². The first-order valence-corrected chi connectivity index (χ1v) is 11.0. The fourth-order valence-corrected chi connectivity index (χ4v) is 4.39. The second kappa shape index (κ2) is 7.65. The first-order valence-electron chi connectivity index (χ1n) is 10.1. The van der Waals surface area contributed by atoms with Crippen LogP contribution in [-0.2, 0) is 13.1 Å². The van der Waals surface area contributed by atoms with Crippen molar-refractivity contribution in [3.05, 3.63) is 71.0 Å². The number of carbonyl (C=O) groups is 1. The van der Waals surface area contributed by atoms with Gasteiger partial charge in [-0.15, -0.1) is 11.3 Å². The Morgan fingerprint density at radius 2 is 2.07 bits per heavy atom. The second-order valence-corrected chi connectivity index (χ2v) is 8.47. The maximum Gasteiger partial charge on any atom is 0.255 e. The molecule has 1 amide bonds. The average molecular weight is 421 g/mol. The van der Waals surface area contributed by atoms with Crippen LogP contribution in [0, 0.1) is 5.82 Å². The fraction of sp³-hybridized carbons (Fsp3) is 0.261. The molecule has 1 aromatic carbocycles. The van der Waals surface area contributed by atoms with Crippen LogP contribution in [0.1, 0.15) is 35.7 Å². The molecule has 0 bridgehead atoms. The molecule has 3 heterocycles. The van der Waals surface area contributed by atoms with E-state index in [1.807, 2.05) is 40.1 Å². The average Bonchev–Trinajstić information content (AvgIpc) is 3.28. The maximum atomic E-state index is 13.7. The van der Waals surface area contributed by atoms with Gasteiger partial charge in [-0.2, -0.15) is 5.10 Å². The summed E-state index contributed by atoms with van der Waals surface area (Å²) in [7, 11) is 0. The normalized spacial score (nSPS) is 13.7. The number of thiophene rings is 1. The first-order chi connectivity index (χ1) is 14.6. The molecule has 1 aliphatic rings. The summed E-state index contributed by atoms with van der Waals surface area (Å²) in [5, 5.41) is 7.21. The highest BCUT2D eigenvalue weighted by Crippen LogP contribution is 2.33. The summed E-state index contributed by atoms with van der Waals surface area (Å²) in [6.07, 6.45) is 3.72. The minimum Gasteiger partial charge on any atom is -0.331 e. The quantitative estimate of drug-likeness (QED) is 0.435. The Bertz CT molecular complexity index is 1200. The fourth-order valence-electron chi connectivity index (χ4n) is 3.70. The summed E-state index contributed by atoms with van der Waals surface area (Å²) < 4.78 is 15.1. The number of hydrogen-bond donors (Lipinski definition) is 0. The highest BCUT2D eigenvalue weighted by atomic mass is 32.1. The lowest BCUT2D eigenvalue weighted by molar-refractivity contribution is 0.0732. The minimum absolute atomic E-state index is 0.0253. The maximum absolute atomic E-state index is 13.7. The van der Waals surface area contributed by atoms with Crippen molar-refractivity contribution in [2.24, 2.45) is 0 Å². The van der Waals surface area contributed by atoms with Crippen molar-refractivity contribution in [3.8, 4) is 10.6 Å². The monoisotopic (exact) mass is 420 g/mol. The summed E-state index contributed by atoms with van der Waals surface area (Å²) in [6.45, 7) is 3.16. The van der Waals surface area contributed by atoms with Gasteiger partial charge in [0.05, 0.1) is 27.7 Å². The number of carbonyl (C=O) groups excluding carboxylic acids is 1. The zero-order valence-electron chi connectivity index (χ0n) is 16.6. The molecule has 1 saturated carbocycles. The van der Waals surface area contributed by atoms with Crippen molar-refractivity contribution in [1.82, 2.24) is 19.7 Å². The number of nitrogens with zero attached hydrogens (tertiary/aromatic N) is 4. The van der Waals surface area contributed by atoms with E-state index in [1.165, 1.54) is 12.1 Å². The zero-order valence-corrected chi connectivity index (χ0v) is 17.4. The molecule has 152 valence electrons. The van der Waals surface area contributed by atoms with E-state index in [-0.39, 0.29) is 17.8 Å². The number of fused-ring (bicyclic) bond motifs is 1. The third kappa shape index (κ3) is 3.50. The number of rotatable bonds is 6. The van der Waals surface area contributed by atoms with Crippen LogP contribution in [0.25, 0.3) is 21.6 Å². The Morgan fingerprint density at radius 3 is 2.73 bits per heavy atom. The van der Waals surface area contributed by atoms with Gasteiger partial charge in [-0.05, 0) is 55.0 Å². The molecule has 0 spiro atoms. The largest absolute Gasteiger partial charge is 0.331 e. The van der Waals surface area contributed by atoms with Gasteiger partial charge in [-0.3, -0.25) is 4.79 Å². The predicted octanol–water partition coefficient (Wildman–Crippen LogP) is 5.12. The van der Waals surface area contributed by atoms with Crippen molar-refractivity contribution >= 4 is 28.3 Å². The SMILES string of the molecule is CCn1ncc2c(C(=O)N(Cc3ccc(F)cc3)C3CC3)cc(-c3cccs3)nc21. The highest BCUT2D eigenvalue weighted by Gasteiger charge is 2.34. The molecular weight excluding hydrogens is 399 g/mol. The Hall–Kier alpha value is -3.06. The molecule has 0 radical (unpaired) electrons. The van der Waals surface area contributed by atoms with Crippen molar-refractivity contribution in [2.45, 2.75) is 38.9 Å². The summed E-state index contributed by atoms with van der Waals surface area (Å²) in [4.78, 5) is 21.5. The molecule has 0 saturated heterocycles. The second-order valence-electron chi connectivity index (χ2n) is 7.52. The van der Waals surface area contributed by atoms with Crippen molar-refractivity contribution in [2.75, 3.05) is 0 Å². The van der Waals surface area contributed by atoms with Crippen LogP contribution in [0.2, 0.25) is 0 Å². The number of amides is 1. The molecule has 0 unspecified atom stereocenters. The van der Waals surface area contributed by atoms with Crippen LogP contribution < -0.4 is 0 Å². The zero-order chi connectivity index (χ0) is 20.7. The number of pyridine rings is 1. The van der Waals surface area contributed by atoms with Gasteiger partial charge in [0.1, 0.15) is 5.82 Å². The Morgan fingerprint density at radius 1 is 1.27 bits per heavy atom. The number of aryl methyl sites for hydroxylation is 1. The van der Waals surface area contributed by atoms with Crippen LogP contribution in [0.3, 0.4) is 0 Å². The summed E-state index contributed by atoms with van der Waals surface area (Å²) in [6, 6.07) is 12.5. The molecule has 5 rings (SSSR count). The third-order valence-electron chi connectivity index (χ3n) is 5.43. The van der Waals surface area contributed by atoms with Crippen molar-refractivity contribution < 1.29 is 9.18 Å². The third-order valence-corrected chi connectivity index (χ3v) is 6.32. The molecule has 1 aliphatic carbocycles. The van der Waals surface area contributed by atoms with Crippen molar-refractivity contribution in [3.63, 3.8) is 0 Å². The molecule has 7 heteroatoms. The highest BCUT2D eigenvalue weighted by molar-refractivity contribution is 7.13. The molecule has 0 aliphatic heterocycles. The molecule has 1 fully saturated rings. The molecule has 30 heavy (non-hydrogen) atoms. The number of halogens is 1. The lowest BCUT2D eigenvalue weighted by atomic mass is 10.1. The molecule has 0 N–H and O–H groups in total. The smallest absolute Gasteiger partial charge is 0.255 e. The summed E-state index contributed by atoms with van der Waals surface area (Å²) in [5.74, 6) is -0.297. The van der Waals surface area contributed by atoms with Gasteiger partial charge in [0.15, 0.2) is 5.65 Å². The van der Waals surface area contributed by atoms with Gasteiger partial charge in [-0.25, -0.2) is 14.1 Å². The summed E-state index contributed by atoms with van der Waals surface area (Å²) in [5.41, 5.74) is 3.06. The molecule has 5 nitrogen and oxygen atoms in total. The Balaban J connectivity index is 1.58. The van der Waals surface area contributed by atoms with E-state index in [0.29, 0.717) is 18.7 Å². The van der Waals surface area contributed by atoms with Gasteiger partial charge in [0, 0.05) is 19.1 Å². The van der Waals surface area contributed by atoms with Crippen LogP contribution in [0.15, 0.2) is 54.0 Å². The van der Waals surface area contributed by atoms with E-state index in [4.69, 9.17) is 4.98 Å². The van der Waals surface area contributed by atoms with E-state index in [9.17, 15) is 9.18 Å². The van der Waals surface area contributed by atoms with Gasteiger partial charge in [0.25, 0.3) is 5.91 Å². The first kappa shape index (κ1) is 18.9. The number of aromatic nitrogens is 3. The topological polar surface area (TPSA) is 51.0 Å². The van der Waals surface area contributed by atoms with Gasteiger partial charge < -0.3 is 4.90 Å². The lowest BCUT2D eigenvalue weighted by Crippen LogP contribution is -2.32.